The van der Waals surface area contributed by atoms with Gasteiger partial charge in [0.15, 0.2) is 12.4 Å². The van der Waals surface area contributed by atoms with Crippen LogP contribution in [0.4, 0.5) is 15.9 Å². The molecule has 0 saturated heterocycles. The van der Waals surface area contributed by atoms with E-state index in [2.05, 4.69) is 15.3 Å². The van der Waals surface area contributed by atoms with Gasteiger partial charge in [-0.3, -0.25) is 9.59 Å². The van der Waals surface area contributed by atoms with Crippen LogP contribution in [0.15, 0.2) is 42.5 Å². The van der Waals surface area contributed by atoms with E-state index < -0.39 is 17.7 Å². The molecule has 8 heteroatoms. The van der Waals surface area contributed by atoms with Gasteiger partial charge in [-0.1, -0.05) is 18.2 Å². The zero-order valence-electron chi connectivity index (χ0n) is 14.1. The largest absolute Gasteiger partial charge is 0.457 e. The number of nitrogens with two attached hydrogens (primary N) is 1. The number of carbonyl (C=O) groups excluding carboxylic acids is 2. The summed E-state index contributed by atoms with van der Waals surface area (Å²) in [6.07, 6.45) is -0.0712. The molecule has 0 bridgehead atoms. The fraction of sp³-hybridized carbons (Fsp3) is 0.158. The maximum Gasteiger partial charge on any atom is 0.314 e. The van der Waals surface area contributed by atoms with Crippen LogP contribution in [-0.2, 0) is 20.9 Å². The lowest BCUT2D eigenvalue weighted by atomic mass is 9.90. The molecule has 136 valence electrons. The second-order valence-electron chi connectivity index (χ2n) is 6.19. The average Bonchev–Trinajstić information content (AvgIpc) is 2.65. The second-order valence-corrected chi connectivity index (χ2v) is 6.19. The number of nitrogens with one attached hydrogen (secondary N) is 1. The minimum atomic E-state index is -0.813. The zero-order chi connectivity index (χ0) is 19.0. The molecule has 0 spiro atoms. The molecular weight excluding hydrogens is 351 g/mol. The summed E-state index contributed by atoms with van der Waals surface area (Å²) in [7, 11) is 0. The van der Waals surface area contributed by atoms with Crippen molar-refractivity contribution in [1.29, 1.82) is 0 Å². The fourth-order valence-electron chi connectivity index (χ4n) is 3.10. The number of hydrogen-bond donors (Lipinski definition) is 2. The number of nitrogen functional groups attached to an aromatic ring is 1. The highest BCUT2D eigenvalue weighted by Crippen LogP contribution is 2.33. The van der Waals surface area contributed by atoms with Crippen LogP contribution >= 0.6 is 0 Å². The van der Waals surface area contributed by atoms with Crippen molar-refractivity contribution in [2.45, 2.75) is 18.9 Å². The van der Waals surface area contributed by atoms with Gasteiger partial charge in [-0.2, -0.15) is 0 Å². The van der Waals surface area contributed by atoms with Crippen LogP contribution in [-0.4, -0.2) is 21.8 Å². The molecule has 27 heavy (non-hydrogen) atoms. The molecule has 0 fully saturated rings. The van der Waals surface area contributed by atoms with E-state index in [9.17, 15) is 14.0 Å². The number of rotatable bonds is 3. The van der Waals surface area contributed by atoms with E-state index in [1.165, 1.54) is 18.2 Å². The predicted molar refractivity (Wildman–Crippen MR) is 96.1 cm³/mol. The molecule has 2 heterocycles. The van der Waals surface area contributed by atoms with E-state index in [1.807, 2.05) is 12.1 Å². The third kappa shape index (κ3) is 3.29. The minimum absolute atomic E-state index is 0.0712. The monoisotopic (exact) mass is 366 g/mol. The Kier molecular flexibility index (Phi) is 4.15. The number of benzene rings is 2. The van der Waals surface area contributed by atoms with E-state index in [0.717, 1.165) is 0 Å². The van der Waals surface area contributed by atoms with Crippen LogP contribution in [0.1, 0.15) is 23.7 Å². The number of ether oxygens (including phenoxy) is 1. The number of halogens is 1. The molecule has 0 radical (unpaired) electrons. The number of aromatic nitrogens is 2. The minimum Gasteiger partial charge on any atom is -0.457 e. The van der Waals surface area contributed by atoms with Crippen molar-refractivity contribution in [3.05, 3.63) is 59.7 Å². The Bertz CT molecular complexity index is 1070. The fourth-order valence-corrected chi connectivity index (χ4v) is 3.10. The van der Waals surface area contributed by atoms with Crippen molar-refractivity contribution >= 4 is 34.3 Å². The molecule has 2 aromatic carbocycles. The summed E-state index contributed by atoms with van der Waals surface area (Å²) in [5.41, 5.74) is 7.36. The molecule has 1 aromatic heterocycles. The Morgan fingerprint density at radius 1 is 1.26 bits per heavy atom. The van der Waals surface area contributed by atoms with E-state index in [-0.39, 0.29) is 30.4 Å². The number of hydrogen-bond acceptors (Lipinski definition) is 6. The van der Waals surface area contributed by atoms with Crippen LogP contribution in [0.2, 0.25) is 0 Å². The van der Waals surface area contributed by atoms with Crippen LogP contribution < -0.4 is 11.1 Å². The summed E-state index contributed by atoms with van der Waals surface area (Å²) in [6, 6.07) is 11.1. The second kappa shape index (κ2) is 6.64. The van der Waals surface area contributed by atoms with Crippen LogP contribution in [0.3, 0.4) is 0 Å². The summed E-state index contributed by atoms with van der Waals surface area (Å²) in [6.45, 7) is -0.178. The van der Waals surface area contributed by atoms with Crippen molar-refractivity contribution in [2.24, 2.45) is 0 Å². The summed E-state index contributed by atoms with van der Waals surface area (Å²) >= 11 is 0. The van der Waals surface area contributed by atoms with Crippen LogP contribution in [0.25, 0.3) is 10.9 Å². The van der Waals surface area contributed by atoms with Crippen LogP contribution in [0.5, 0.6) is 0 Å². The van der Waals surface area contributed by atoms with Gasteiger partial charge in [0, 0.05) is 17.5 Å². The smallest absolute Gasteiger partial charge is 0.314 e. The van der Waals surface area contributed by atoms with Gasteiger partial charge in [0.25, 0.3) is 0 Å². The molecule has 4 rings (SSSR count). The number of anilines is 2. The molecule has 7 nitrogen and oxygen atoms in total. The Morgan fingerprint density at radius 2 is 2.07 bits per heavy atom. The summed E-state index contributed by atoms with van der Waals surface area (Å²) in [4.78, 5) is 32.8. The highest BCUT2D eigenvalue weighted by Gasteiger charge is 2.32. The standard InChI is InChI=1S/C19H15FN4O3/c20-10-5-6-11-13(8-17(25)23-15(11)7-10)19(26)27-9-16-22-14-4-2-1-3-12(14)18(21)24-16/h1-7,13H,8-9H2,(H,23,25)(H2,21,22,24)/t13-/m0/s1. The first-order chi connectivity index (χ1) is 13.0. The summed E-state index contributed by atoms with van der Waals surface area (Å²) < 4.78 is 18.7. The summed E-state index contributed by atoms with van der Waals surface area (Å²) in [5, 5.41) is 3.27. The van der Waals surface area contributed by atoms with Crippen LogP contribution in [0, 0.1) is 5.82 Å². The van der Waals surface area contributed by atoms with Crippen molar-refractivity contribution in [3.8, 4) is 0 Å². The van der Waals surface area contributed by atoms with Crippen molar-refractivity contribution < 1.29 is 18.7 Å². The molecule has 1 aliphatic rings. The Balaban J connectivity index is 1.54. The topological polar surface area (TPSA) is 107 Å². The molecule has 1 amide bonds. The number of fused-ring (bicyclic) bond motifs is 2. The quantitative estimate of drug-likeness (QED) is 0.690. The van der Waals surface area contributed by atoms with Gasteiger partial charge in [0.05, 0.1) is 11.4 Å². The van der Waals surface area contributed by atoms with E-state index in [4.69, 9.17) is 10.5 Å². The normalized spacial score (nSPS) is 15.9. The maximum absolute atomic E-state index is 13.4. The number of para-hydroxylation sites is 1. The Hall–Kier alpha value is -3.55. The lowest BCUT2D eigenvalue weighted by Gasteiger charge is -2.24. The first-order valence-electron chi connectivity index (χ1n) is 8.28. The van der Waals surface area contributed by atoms with Gasteiger partial charge in [0.2, 0.25) is 5.91 Å². The van der Waals surface area contributed by atoms with Gasteiger partial charge < -0.3 is 15.8 Å². The number of carbonyl (C=O) groups is 2. The van der Waals surface area contributed by atoms with Gasteiger partial charge in [0.1, 0.15) is 11.6 Å². The third-order valence-electron chi connectivity index (χ3n) is 4.36. The molecule has 1 aliphatic heterocycles. The number of nitrogens with zero attached hydrogens (tertiary/aromatic N) is 2. The SMILES string of the molecule is Nc1nc(COC(=O)[C@H]2CC(=O)Nc3cc(F)ccc32)nc2ccccc12. The number of esters is 1. The molecular formula is C19H15FN4O3. The highest BCUT2D eigenvalue weighted by atomic mass is 19.1. The molecule has 0 unspecified atom stereocenters. The first-order valence-corrected chi connectivity index (χ1v) is 8.28. The van der Waals surface area contributed by atoms with Gasteiger partial charge in [-0.25, -0.2) is 14.4 Å². The first kappa shape index (κ1) is 16.9. The molecule has 0 aliphatic carbocycles. The molecule has 3 N–H and O–H groups in total. The average molecular weight is 366 g/mol. The lowest BCUT2D eigenvalue weighted by molar-refractivity contribution is -0.148. The van der Waals surface area contributed by atoms with Gasteiger partial charge >= 0.3 is 5.97 Å². The summed E-state index contributed by atoms with van der Waals surface area (Å²) in [5.74, 6) is -1.73. The van der Waals surface area contributed by atoms with Gasteiger partial charge in [-0.05, 0) is 29.8 Å². The lowest BCUT2D eigenvalue weighted by Crippen LogP contribution is -2.28. The Labute approximate surface area is 153 Å². The molecule has 1 atom stereocenters. The predicted octanol–water partition coefficient (Wildman–Crippen LogP) is 2.52. The van der Waals surface area contributed by atoms with Crippen molar-refractivity contribution in [2.75, 3.05) is 11.1 Å². The van der Waals surface area contributed by atoms with E-state index in [0.29, 0.717) is 22.3 Å². The third-order valence-corrected chi connectivity index (χ3v) is 4.36. The van der Waals surface area contributed by atoms with E-state index >= 15 is 0 Å². The molecule has 0 saturated carbocycles. The van der Waals surface area contributed by atoms with Gasteiger partial charge in [-0.15, -0.1) is 0 Å². The van der Waals surface area contributed by atoms with Crippen molar-refractivity contribution in [3.63, 3.8) is 0 Å². The van der Waals surface area contributed by atoms with Crippen molar-refractivity contribution in [1.82, 2.24) is 9.97 Å². The maximum atomic E-state index is 13.4. The van der Waals surface area contributed by atoms with E-state index in [1.54, 1.807) is 12.1 Å². The number of amides is 1. The molecule has 3 aromatic rings. The Morgan fingerprint density at radius 3 is 2.93 bits per heavy atom. The zero-order valence-corrected chi connectivity index (χ0v) is 14.1. The highest BCUT2D eigenvalue weighted by molar-refractivity contribution is 6.00.